The second-order valence-electron chi connectivity index (χ2n) is 6.34. The lowest BCUT2D eigenvalue weighted by molar-refractivity contribution is 0.0732. The number of aryl methyl sites for hydroxylation is 1. The van der Waals surface area contributed by atoms with E-state index < -0.39 is 0 Å². The fraction of sp³-hybridized carbons (Fsp3) is 0.444. The van der Waals surface area contributed by atoms with E-state index in [1.165, 1.54) is 0 Å². The standard InChI is InChI=1S/C18H21N5O2/c1-13-20-16-4-6-23(18(24)14-3-2-5-19-11-14)12-15(16)17(21-13)22-7-9-25-10-8-22/h2-3,5,11H,4,6-10,12H2,1H3. The van der Waals surface area contributed by atoms with E-state index in [9.17, 15) is 4.79 Å². The molecule has 2 aromatic rings. The molecule has 7 heteroatoms. The van der Waals surface area contributed by atoms with Crippen molar-refractivity contribution in [3.63, 3.8) is 0 Å². The molecule has 0 saturated carbocycles. The van der Waals surface area contributed by atoms with Gasteiger partial charge in [0.05, 0.1) is 31.0 Å². The summed E-state index contributed by atoms with van der Waals surface area (Å²) >= 11 is 0. The van der Waals surface area contributed by atoms with E-state index in [0.717, 1.165) is 42.4 Å². The summed E-state index contributed by atoms with van der Waals surface area (Å²) in [7, 11) is 0. The van der Waals surface area contributed by atoms with Crippen molar-refractivity contribution in [3.8, 4) is 0 Å². The first-order valence-electron chi connectivity index (χ1n) is 8.61. The van der Waals surface area contributed by atoms with Gasteiger partial charge in [0, 0.05) is 44.0 Å². The average Bonchev–Trinajstić information content (AvgIpc) is 2.68. The summed E-state index contributed by atoms with van der Waals surface area (Å²) in [5.74, 6) is 1.74. The minimum absolute atomic E-state index is 0.00672. The smallest absolute Gasteiger partial charge is 0.255 e. The maximum absolute atomic E-state index is 12.8. The molecule has 0 unspecified atom stereocenters. The van der Waals surface area contributed by atoms with Gasteiger partial charge in [0.2, 0.25) is 0 Å². The molecule has 2 aromatic heterocycles. The topological polar surface area (TPSA) is 71.5 Å². The van der Waals surface area contributed by atoms with Crippen LogP contribution in [0.4, 0.5) is 5.82 Å². The molecule has 4 heterocycles. The number of carbonyl (C=O) groups is 1. The maximum Gasteiger partial charge on any atom is 0.255 e. The summed E-state index contributed by atoms with van der Waals surface area (Å²) in [6, 6.07) is 3.59. The molecule has 0 spiro atoms. The summed E-state index contributed by atoms with van der Waals surface area (Å²) in [5, 5.41) is 0. The van der Waals surface area contributed by atoms with Crippen molar-refractivity contribution in [2.75, 3.05) is 37.7 Å². The summed E-state index contributed by atoms with van der Waals surface area (Å²) in [6.45, 7) is 6.18. The molecule has 7 nitrogen and oxygen atoms in total. The fourth-order valence-electron chi connectivity index (χ4n) is 3.40. The highest BCUT2D eigenvalue weighted by Crippen LogP contribution is 2.28. The van der Waals surface area contributed by atoms with Gasteiger partial charge in [-0.05, 0) is 19.1 Å². The van der Waals surface area contributed by atoms with Crippen LogP contribution < -0.4 is 4.90 Å². The number of fused-ring (bicyclic) bond motifs is 1. The molecular formula is C18H21N5O2. The van der Waals surface area contributed by atoms with Gasteiger partial charge in [-0.25, -0.2) is 9.97 Å². The molecule has 0 radical (unpaired) electrons. The van der Waals surface area contributed by atoms with Gasteiger partial charge < -0.3 is 14.5 Å². The second-order valence-corrected chi connectivity index (χ2v) is 6.34. The zero-order valence-corrected chi connectivity index (χ0v) is 14.3. The van der Waals surface area contributed by atoms with Crippen LogP contribution >= 0.6 is 0 Å². The van der Waals surface area contributed by atoms with Gasteiger partial charge in [-0.3, -0.25) is 9.78 Å². The van der Waals surface area contributed by atoms with Crippen molar-refractivity contribution in [3.05, 3.63) is 47.2 Å². The first-order chi connectivity index (χ1) is 12.2. The van der Waals surface area contributed by atoms with Crippen LogP contribution in [0.25, 0.3) is 0 Å². The van der Waals surface area contributed by atoms with E-state index >= 15 is 0 Å². The Hall–Kier alpha value is -2.54. The molecular weight excluding hydrogens is 318 g/mol. The molecule has 1 saturated heterocycles. The predicted molar refractivity (Wildman–Crippen MR) is 92.5 cm³/mol. The van der Waals surface area contributed by atoms with E-state index in [-0.39, 0.29) is 5.91 Å². The van der Waals surface area contributed by atoms with E-state index in [1.54, 1.807) is 24.5 Å². The summed E-state index contributed by atoms with van der Waals surface area (Å²) in [6.07, 6.45) is 4.05. The Morgan fingerprint density at radius 1 is 1.20 bits per heavy atom. The lowest BCUT2D eigenvalue weighted by Crippen LogP contribution is -2.41. The molecule has 2 aliphatic heterocycles. The molecule has 4 rings (SSSR count). The summed E-state index contributed by atoms with van der Waals surface area (Å²) in [5.41, 5.74) is 2.74. The third kappa shape index (κ3) is 3.19. The second kappa shape index (κ2) is 6.76. The lowest BCUT2D eigenvalue weighted by Gasteiger charge is -2.34. The Kier molecular flexibility index (Phi) is 4.31. The van der Waals surface area contributed by atoms with Crippen LogP contribution in [0.5, 0.6) is 0 Å². The average molecular weight is 339 g/mol. The highest BCUT2D eigenvalue weighted by Gasteiger charge is 2.28. The zero-order chi connectivity index (χ0) is 17.2. The molecule has 25 heavy (non-hydrogen) atoms. The highest BCUT2D eigenvalue weighted by molar-refractivity contribution is 5.94. The molecule has 130 valence electrons. The lowest BCUT2D eigenvalue weighted by atomic mass is 10.0. The van der Waals surface area contributed by atoms with Crippen LogP contribution in [0.1, 0.15) is 27.4 Å². The summed E-state index contributed by atoms with van der Waals surface area (Å²) < 4.78 is 5.46. The monoisotopic (exact) mass is 339 g/mol. The first kappa shape index (κ1) is 16.0. The molecule has 2 aliphatic rings. The number of hydrogen-bond acceptors (Lipinski definition) is 6. The SMILES string of the molecule is Cc1nc2c(c(N3CCOCC3)n1)CN(C(=O)c1cccnc1)CC2. The maximum atomic E-state index is 12.8. The van der Waals surface area contributed by atoms with Gasteiger partial charge in [-0.1, -0.05) is 0 Å². The number of amides is 1. The summed E-state index contributed by atoms with van der Waals surface area (Å²) in [4.78, 5) is 30.2. The molecule has 0 N–H and O–H groups in total. The Morgan fingerprint density at radius 2 is 2.04 bits per heavy atom. The van der Waals surface area contributed by atoms with E-state index in [4.69, 9.17) is 4.74 Å². The van der Waals surface area contributed by atoms with E-state index in [2.05, 4.69) is 19.9 Å². The van der Waals surface area contributed by atoms with E-state index in [1.807, 2.05) is 11.8 Å². The van der Waals surface area contributed by atoms with Crippen molar-refractivity contribution < 1.29 is 9.53 Å². The first-order valence-corrected chi connectivity index (χ1v) is 8.61. The minimum atomic E-state index is 0.00672. The third-order valence-corrected chi connectivity index (χ3v) is 4.66. The van der Waals surface area contributed by atoms with Gasteiger partial charge in [-0.15, -0.1) is 0 Å². The van der Waals surface area contributed by atoms with Crippen LogP contribution in [-0.2, 0) is 17.7 Å². The van der Waals surface area contributed by atoms with Crippen LogP contribution in [0.15, 0.2) is 24.5 Å². The quantitative estimate of drug-likeness (QED) is 0.819. The molecule has 0 atom stereocenters. The van der Waals surface area contributed by atoms with Gasteiger partial charge in [0.1, 0.15) is 11.6 Å². The molecule has 0 bridgehead atoms. The van der Waals surface area contributed by atoms with Crippen LogP contribution in [0.2, 0.25) is 0 Å². The van der Waals surface area contributed by atoms with Crippen LogP contribution in [0.3, 0.4) is 0 Å². The Morgan fingerprint density at radius 3 is 2.80 bits per heavy atom. The van der Waals surface area contributed by atoms with Gasteiger partial charge in [0.25, 0.3) is 5.91 Å². The van der Waals surface area contributed by atoms with Gasteiger partial charge in [0.15, 0.2) is 0 Å². The van der Waals surface area contributed by atoms with Crippen molar-refractivity contribution in [2.45, 2.75) is 19.9 Å². The van der Waals surface area contributed by atoms with Crippen LogP contribution in [-0.4, -0.2) is 58.6 Å². The normalized spacial score (nSPS) is 17.3. The number of rotatable bonds is 2. The van der Waals surface area contributed by atoms with E-state index in [0.29, 0.717) is 31.9 Å². The van der Waals surface area contributed by atoms with Crippen molar-refractivity contribution in [1.82, 2.24) is 19.9 Å². The largest absolute Gasteiger partial charge is 0.378 e. The zero-order valence-electron chi connectivity index (χ0n) is 14.3. The van der Waals surface area contributed by atoms with Crippen LogP contribution in [0, 0.1) is 6.92 Å². The van der Waals surface area contributed by atoms with Crippen molar-refractivity contribution >= 4 is 11.7 Å². The van der Waals surface area contributed by atoms with Crippen molar-refractivity contribution in [1.29, 1.82) is 0 Å². The number of morpholine rings is 1. The minimum Gasteiger partial charge on any atom is -0.378 e. The number of nitrogens with zero attached hydrogens (tertiary/aromatic N) is 5. The Balaban J connectivity index is 1.64. The number of anilines is 1. The molecule has 0 aromatic carbocycles. The van der Waals surface area contributed by atoms with Gasteiger partial charge >= 0.3 is 0 Å². The predicted octanol–water partition coefficient (Wildman–Crippen LogP) is 1.22. The third-order valence-electron chi connectivity index (χ3n) is 4.66. The molecule has 1 fully saturated rings. The molecule has 1 amide bonds. The Labute approximate surface area is 146 Å². The highest BCUT2D eigenvalue weighted by atomic mass is 16.5. The number of hydrogen-bond donors (Lipinski definition) is 0. The number of carbonyl (C=O) groups excluding carboxylic acids is 1. The Bertz CT molecular complexity index is 775. The number of ether oxygens (including phenoxy) is 1. The fourth-order valence-corrected chi connectivity index (χ4v) is 3.40. The number of aromatic nitrogens is 3. The number of pyridine rings is 1. The van der Waals surface area contributed by atoms with Crippen molar-refractivity contribution in [2.24, 2.45) is 0 Å². The van der Waals surface area contributed by atoms with Gasteiger partial charge in [-0.2, -0.15) is 0 Å². The molecule has 0 aliphatic carbocycles.